The third-order valence-electron chi connectivity index (χ3n) is 2.85. The van der Waals surface area contributed by atoms with Crippen molar-refractivity contribution in [2.45, 2.75) is 0 Å². The fourth-order valence-corrected chi connectivity index (χ4v) is 2.59. The quantitative estimate of drug-likeness (QED) is 0.734. The normalized spacial score (nSPS) is 11.6. The predicted octanol–water partition coefficient (Wildman–Crippen LogP) is 2.90. The lowest BCUT2D eigenvalue weighted by molar-refractivity contribution is -0.255. The van der Waals surface area contributed by atoms with Crippen LogP contribution in [0.1, 0.15) is 21.8 Å². The Morgan fingerprint density at radius 2 is 2.05 bits per heavy atom. The molecule has 3 aromatic rings. The number of rotatable bonds is 4. The first kappa shape index (κ1) is 14.5. The van der Waals surface area contributed by atoms with Gasteiger partial charge in [-0.15, -0.1) is 0 Å². The summed E-state index contributed by atoms with van der Waals surface area (Å²) in [5.74, 6) is -0.555. The van der Waals surface area contributed by atoms with Gasteiger partial charge in [0.1, 0.15) is 5.03 Å². The number of carboxylic acid groups (broad SMARTS) is 1. The highest BCUT2D eigenvalue weighted by atomic mass is 35.5. The number of aromatic carboxylic acids is 1. The molecule has 0 aliphatic carbocycles. The van der Waals surface area contributed by atoms with Crippen molar-refractivity contribution in [3.8, 4) is 11.4 Å². The zero-order valence-corrected chi connectivity index (χ0v) is 12.6. The number of carbonyl (C=O) groups excluding carboxylic acids is 1. The summed E-state index contributed by atoms with van der Waals surface area (Å²) < 4.78 is 5.12. The van der Waals surface area contributed by atoms with Crippen LogP contribution >= 0.6 is 22.9 Å². The molecule has 110 valence electrons. The molecule has 0 atom stereocenters. The summed E-state index contributed by atoms with van der Waals surface area (Å²) in [4.78, 5) is 14.9. The van der Waals surface area contributed by atoms with Crippen molar-refractivity contribution < 1.29 is 14.4 Å². The summed E-state index contributed by atoms with van der Waals surface area (Å²) in [6.45, 7) is 0. The molecule has 3 rings (SSSR count). The summed E-state index contributed by atoms with van der Waals surface area (Å²) in [6, 6.07) is 7.99. The molecule has 0 spiro atoms. The molecular formula is C15H8ClN2O3S-. The Kier molecular flexibility index (Phi) is 4.04. The lowest BCUT2D eigenvalue weighted by Crippen LogP contribution is -2.21. The number of carboxylic acids is 1. The molecule has 0 radical (unpaired) electrons. The Morgan fingerprint density at radius 1 is 1.27 bits per heavy atom. The molecular weight excluding hydrogens is 324 g/mol. The molecule has 22 heavy (non-hydrogen) atoms. The molecule has 7 heteroatoms. The van der Waals surface area contributed by atoms with Crippen molar-refractivity contribution in [1.29, 1.82) is 0 Å². The van der Waals surface area contributed by atoms with Crippen molar-refractivity contribution in [2.75, 3.05) is 0 Å². The van der Waals surface area contributed by atoms with Gasteiger partial charge in [-0.05, 0) is 28.6 Å². The van der Waals surface area contributed by atoms with Crippen LogP contribution in [0.15, 0.2) is 45.6 Å². The first-order valence-electron chi connectivity index (χ1n) is 6.19. The van der Waals surface area contributed by atoms with E-state index in [1.807, 2.05) is 16.8 Å². The van der Waals surface area contributed by atoms with Crippen LogP contribution in [0.4, 0.5) is 0 Å². The maximum absolute atomic E-state index is 10.7. The number of hydrogen-bond donors (Lipinski definition) is 0. The van der Waals surface area contributed by atoms with Crippen molar-refractivity contribution in [3.63, 3.8) is 0 Å². The number of thiophene rings is 1. The standard InChI is InChI=1S/C15H9ClN2O3S/c16-12(7-9-1-3-10(4-2-9)15(19)20)14-17-13(18-21-14)11-5-6-22-8-11/h1-8H,(H,19,20)/p-1/b12-7-. The summed E-state index contributed by atoms with van der Waals surface area (Å²) in [7, 11) is 0. The van der Waals surface area contributed by atoms with Crippen molar-refractivity contribution in [2.24, 2.45) is 0 Å². The van der Waals surface area contributed by atoms with E-state index in [2.05, 4.69) is 10.1 Å². The van der Waals surface area contributed by atoms with Crippen molar-refractivity contribution in [1.82, 2.24) is 10.1 Å². The van der Waals surface area contributed by atoms with Crippen molar-refractivity contribution >= 4 is 40.0 Å². The third-order valence-corrected chi connectivity index (χ3v) is 3.80. The lowest BCUT2D eigenvalue weighted by atomic mass is 10.1. The number of benzene rings is 1. The first-order valence-corrected chi connectivity index (χ1v) is 7.51. The van der Waals surface area contributed by atoms with Crippen LogP contribution in [0.5, 0.6) is 0 Å². The van der Waals surface area contributed by atoms with E-state index in [9.17, 15) is 9.90 Å². The molecule has 1 aromatic carbocycles. The molecule has 0 unspecified atom stereocenters. The maximum atomic E-state index is 10.7. The fourth-order valence-electron chi connectivity index (χ4n) is 1.75. The molecule has 5 nitrogen and oxygen atoms in total. The predicted molar refractivity (Wildman–Crippen MR) is 82.1 cm³/mol. The van der Waals surface area contributed by atoms with Gasteiger partial charge in [0.2, 0.25) is 5.82 Å². The van der Waals surface area contributed by atoms with Crippen LogP contribution < -0.4 is 5.11 Å². The Balaban J connectivity index is 1.84. The van der Waals surface area contributed by atoms with Gasteiger partial charge < -0.3 is 14.4 Å². The fraction of sp³-hybridized carbons (Fsp3) is 0. The van der Waals surface area contributed by atoms with E-state index in [-0.39, 0.29) is 16.5 Å². The minimum absolute atomic E-state index is 0.103. The van der Waals surface area contributed by atoms with Gasteiger partial charge in [-0.3, -0.25) is 0 Å². The van der Waals surface area contributed by atoms with Crippen LogP contribution in [0.25, 0.3) is 22.5 Å². The first-order chi connectivity index (χ1) is 10.6. The van der Waals surface area contributed by atoms with E-state index in [0.717, 1.165) is 5.56 Å². The zero-order valence-electron chi connectivity index (χ0n) is 11.0. The smallest absolute Gasteiger partial charge is 0.269 e. The van der Waals surface area contributed by atoms with Crippen LogP contribution in [0.3, 0.4) is 0 Å². The Labute approximate surface area is 134 Å². The molecule has 0 saturated carbocycles. The average Bonchev–Trinajstić information content (AvgIpc) is 3.19. The van der Waals surface area contributed by atoms with E-state index in [1.165, 1.54) is 23.5 Å². The molecule has 0 N–H and O–H groups in total. The monoisotopic (exact) mass is 331 g/mol. The highest BCUT2D eigenvalue weighted by Gasteiger charge is 2.11. The van der Waals surface area contributed by atoms with Crippen LogP contribution in [0, 0.1) is 0 Å². The van der Waals surface area contributed by atoms with Gasteiger partial charge in [-0.2, -0.15) is 16.3 Å². The van der Waals surface area contributed by atoms with E-state index >= 15 is 0 Å². The second-order valence-electron chi connectivity index (χ2n) is 4.34. The molecule has 0 saturated heterocycles. The molecule has 0 amide bonds. The minimum Gasteiger partial charge on any atom is -0.545 e. The Bertz CT molecular complexity index is 823. The van der Waals surface area contributed by atoms with Crippen LogP contribution in [0.2, 0.25) is 0 Å². The second-order valence-corrected chi connectivity index (χ2v) is 5.52. The second kappa shape index (κ2) is 6.13. The van der Waals surface area contributed by atoms with Crippen molar-refractivity contribution in [3.05, 3.63) is 58.1 Å². The van der Waals surface area contributed by atoms with Gasteiger partial charge in [0, 0.05) is 10.9 Å². The highest BCUT2D eigenvalue weighted by molar-refractivity contribution is 7.08. The number of nitrogens with zero attached hydrogens (tertiary/aromatic N) is 2. The SMILES string of the molecule is O=C([O-])c1ccc(/C=C(\Cl)c2nc(-c3ccsc3)no2)cc1. The topological polar surface area (TPSA) is 79.0 Å². The summed E-state index contributed by atoms with van der Waals surface area (Å²) in [5, 5.41) is 18.7. The molecule has 2 aromatic heterocycles. The molecule has 2 heterocycles. The summed E-state index contributed by atoms with van der Waals surface area (Å²) >= 11 is 7.69. The molecule has 0 aliphatic heterocycles. The Morgan fingerprint density at radius 3 is 2.68 bits per heavy atom. The number of aromatic nitrogens is 2. The summed E-state index contributed by atoms with van der Waals surface area (Å²) in [5.41, 5.74) is 1.68. The molecule has 0 aliphatic rings. The van der Waals surface area contributed by atoms with Gasteiger partial charge in [-0.1, -0.05) is 41.0 Å². The van der Waals surface area contributed by atoms with E-state index in [4.69, 9.17) is 16.1 Å². The highest BCUT2D eigenvalue weighted by Crippen LogP contribution is 2.25. The number of carbonyl (C=O) groups is 1. The molecule has 0 fully saturated rings. The minimum atomic E-state index is -1.22. The largest absolute Gasteiger partial charge is 0.545 e. The third kappa shape index (κ3) is 3.08. The van der Waals surface area contributed by atoms with Gasteiger partial charge in [0.15, 0.2) is 0 Å². The van der Waals surface area contributed by atoms with E-state index in [0.29, 0.717) is 11.4 Å². The Hall–Kier alpha value is -2.44. The summed E-state index contributed by atoms with van der Waals surface area (Å²) in [6.07, 6.45) is 1.62. The lowest BCUT2D eigenvalue weighted by Gasteiger charge is -2.01. The zero-order chi connectivity index (χ0) is 15.5. The van der Waals surface area contributed by atoms with E-state index < -0.39 is 5.97 Å². The van der Waals surface area contributed by atoms with Gasteiger partial charge in [-0.25, -0.2) is 0 Å². The van der Waals surface area contributed by atoms with Crippen LogP contribution in [-0.2, 0) is 0 Å². The maximum Gasteiger partial charge on any atom is 0.269 e. The van der Waals surface area contributed by atoms with E-state index in [1.54, 1.807) is 18.2 Å². The van der Waals surface area contributed by atoms with Gasteiger partial charge >= 0.3 is 0 Å². The van der Waals surface area contributed by atoms with Gasteiger partial charge in [0.05, 0.1) is 5.97 Å². The van der Waals surface area contributed by atoms with Gasteiger partial charge in [0.25, 0.3) is 5.89 Å². The van der Waals surface area contributed by atoms with Crippen LogP contribution in [-0.4, -0.2) is 16.1 Å². The number of hydrogen-bond acceptors (Lipinski definition) is 6. The molecule has 0 bridgehead atoms. The number of halogens is 1. The average molecular weight is 332 g/mol.